The lowest BCUT2D eigenvalue weighted by Crippen LogP contribution is -2.20. The first-order chi connectivity index (χ1) is 13.6. The number of carbonyl (C=O) groups excluding carboxylic acids is 1. The highest BCUT2D eigenvalue weighted by Crippen LogP contribution is 2.30. The van der Waals surface area contributed by atoms with Crippen molar-refractivity contribution in [1.82, 2.24) is 9.97 Å². The van der Waals surface area contributed by atoms with Gasteiger partial charge in [-0.3, -0.25) is 0 Å². The highest BCUT2D eigenvalue weighted by atomic mass is 35.5. The summed E-state index contributed by atoms with van der Waals surface area (Å²) in [5.41, 5.74) is 2.52. The van der Waals surface area contributed by atoms with Crippen molar-refractivity contribution in [3.63, 3.8) is 0 Å². The quantitative estimate of drug-likeness (QED) is 0.487. The fraction of sp³-hybridized carbons (Fsp3) is 0.190. The molecule has 0 saturated carbocycles. The van der Waals surface area contributed by atoms with Crippen LogP contribution in [0.25, 0.3) is 11.3 Å². The van der Waals surface area contributed by atoms with Crippen molar-refractivity contribution in [2.75, 3.05) is 10.6 Å². The SMILES string of the molecule is CCCCc1ncc(NC(=O)Nc2cccc(Cl)c2Cl)c(-c2ccccc2)n1. The van der Waals surface area contributed by atoms with Crippen molar-refractivity contribution in [1.29, 1.82) is 0 Å². The molecule has 1 heterocycles. The number of rotatable bonds is 6. The number of unbranched alkanes of at least 4 members (excludes halogenated alkanes) is 1. The summed E-state index contributed by atoms with van der Waals surface area (Å²) in [6, 6.07) is 14.3. The van der Waals surface area contributed by atoms with Crippen LogP contribution in [0.2, 0.25) is 10.0 Å². The Kier molecular flexibility index (Phi) is 6.85. The van der Waals surface area contributed by atoms with E-state index in [1.165, 1.54) is 0 Å². The number of aryl methyl sites for hydroxylation is 1. The maximum absolute atomic E-state index is 12.5. The number of benzene rings is 2. The summed E-state index contributed by atoms with van der Waals surface area (Å²) in [5.74, 6) is 0.754. The smallest absolute Gasteiger partial charge is 0.306 e. The molecular formula is C21H20Cl2N4O. The summed E-state index contributed by atoms with van der Waals surface area (Å²) >= 11 is 12.1. The number of nitrogens with one attached hydrogen (secondary N) is 2. The molecule has 0 radical (unpaired) electrons. The minimum absolute atomic E-state index is 0.286. The molecule has 3 aromatic rings. The van der Waals surface area contributed by atoms with E-state index in [0.717, 1.165) is 30.7 Å². The van der Waals surface area contributed by atoms with Gasteiger partial charge in [0.1, 0.15) is 5.82 Å². The zero-order valence-corrected chi connectivity index (χ0v) is 16.9. The predicted molar refractivity (Wildman–Crippen MR) is 115 cm³/mol. The molecule has 2 aromatic carbocycles. The number of hydrogen-bond acceptors (Lipinski definition) is 3. The number of amides is 2. The molecule has 3 rings (SSSR count). The number of aromatic nitrogens is 2. The molecule has 0 bridgehead atoms. The first kappa shape index (κ1) is 20.1. The first-order valence-electron chi connectivity index (χ1n) is 9.02. The van der Waals surface area contributed by atoms with E-state index in [1.807, 2.05) is 30.3 Å². The standard InChI is InChI=1S/C21H20Cl2N4O/c1-2-3-12-18-24-13-17(20(27-18)14-8-5-4-6-9-14)26-21(28)25-16-11-7-10-15(22)19(16)23/h4-11,13H,2-3,12H2,1H3,(H2,25,26,28). The summed E-state index contributed by atoms with van der Waals surface area (Å²) in [7, 11) is 0. The molecule has 0 fully saturated rings. The van der Waals surface area contributed by atoms with Crippen LogP contribution in [0.4, 0.5) is 16.2 Å². The van der Waals surface area contributed by atoms with Crippen molar-refractivity contribution in [2.24, 2.45) is 0 Å². The molecule has 2 N–H and O–H groups in total. The van der Waals surface area contributed by atoms with Crippen LogP contribution in [-0.4, -0.2) is 16.0 Å². The summed E-state index contributed by atoms with van der Waals surface area (Å²) in [6.45, 7) is 2.12. The molecule has 7 heteroatoms. The Labute approximate surface area is 174 Å². The Hall–Kier alpha value is -2.63. The Balaban J connectivity index is 1.86. The maximum Gasteiger partial charge on any atom is 0.323 e. The molecule has 1 aromatic heterocycles. The lowest BCUT2D eigenvalue weighted by molar-refractivity contribution is 0.262. The second kappa shape index (κ2) is 9.53. The van der Waals surface area contributed by atoms with Crippen molar-refractivity contribution in [2.45, 2.75) is 26.2 Å². The van der Waals surface area contributed by atoms with E-state index in [1.54, 1.807) is 24.4 Å². The van der Waals surface area contributed by atoms with Crippen LogP contribution >= 0.6 is 23.2 Å². The van der Waals surface area contributed by atoms with E-state index in [-0.39, 0.29) is 5.02 Å². The van der Waals surface area contributed by atoms with Gasteiger partial charge in [-0.1, -0.05) is 72.9 Å². The lowest BCUT2D eigenvalue weighted by atomic mass is 10.1. The molecule has 2 amide bonds. The van der Waals surface area contributed by atoms with Gasteiger partial charge in [-0.25, -0.2) is 14.8 Å². The number of hydrogen-bond donors (Lipinski definition) is 2. The second-order valence-electron chi connectivity index (χ2n) is 6.20. The van der Waals surface area contributed by atoms with Crippen LogP contribution in [0.15, 0.2) is 54.7 Å². The van der Waals surface area contributed by atoms with Crippen molar-refractivity contribution in [3.05, 3.63) is 70.6 Å². The molecule has 0 unspecified atom stereocenters. The molecule has 28 heavy (non-hydrogen) atoms. The average molecular weight is 415 g/mol. The van der Waals surface area contributed by atoms with E-state index >= 15 is 0 Å². The van der Waals surface area contributed by atoms with E-state index in [0.29, 0.717) is 22.1 Å². The molecule has 144 valence electrons. The average Bonchev–Trinajstić information content (AvgIpc) is 2.71. The van der Waals surface area contributed by atoms with E-state index in [2.05, 4.69) is 27.5 Å². The number of urea groups is 1. The Morgan fingerprint density at radius 1 is 1.00 bits per heavy atom. The summed E-state index contributed by atoms with van der Waals surface area (Å²) in [5, 5.41) is 6.17. The van der Waals surface area contributed by atoms with Crippen LogP contribution in [0.3, 0.4) is 0 Å². The maximum atomic E-state index is 12.5. The van der Waals surface area contributed by atoms with Gasteiger partial charge < -0.3 is 10.6 Å². The molecule has 0 aliphatic carbocycles. The highest BCUT2D eigenvalue weighted by Gasteiger charge is 2.14. The monoisotopic (exact) mass is 414 g/mol. The molecule has 0 aliphatic rings. The molecule has 0 saturated heterocycles. The number of nitrogens with zero attached hydrogens (tertiary/aromatic N) is 2. The Morgan fingerprint density at radius 3 is 2.50 bits per heavy atom. The van der Waals surface area contributed by atoms with Gasteiger partial charge in [0.25, 0.3) is 0 Å². The Bertz CT molecular complexity index is 964. The van der Waals surface area contributed by atoms with Gasteiger partial charge in [0.05, 0.1) is 33.3 Å². The third kappa shape index (κ3) is 5.00. The number of carbonyl (C=O) groups is 1. The number of halogens is 2. The molecule has 0 aliphatic heterocycles. The largest absolute Gasteiger partial charge is 0.323 e. The predicted octanol–water partition coefficient (Wildman–Crippen LogP) is 6.44. The summed E-state index contributed by atoms with van der Waals surface area (Å²) in [4.78, 5) is 21.6. The minimum Gasteiger partial charge on any atom is -0.306 e. The van der Waals surface area contributed by atoms with Crippen molar-refractivity contribution >= 4 is 40.6 Å². The van der Waals surface area contributed by atoms with Gasteiger partial charge in [-0.05, 0) is 18.6 Å². The van der Waals surface area contributed by atoms with Crippen LogP contribution in [0, 0.1) is 0 Å². The van der Waals surface area contributed by atoms with Crippen LogP contribution in [0.1, 0.15) is 25.6 Å². The molecule has 0 atom stereocenters. The number of anilines is 2. The van der Waals surface area contributed by atoms with E-state index in [4.69, 9.17) is 23.2 Å². The normalized spacial score (nSPS) is 10.5. The van der Waals surface area contributed by atoms with Crippen molar-refractivity contribution in [3.8, 4) is 11.3 Å². The van der Waals surface area contributed by atoms with E-state index in [9.17, 15) is 4.79 Å². The third-order valence-electron chi connectivity index (χ3n) is 4.09. The lowest BCUT2D eigenvalue weighted by Gasteiger charge is -2.13. The second-order valence-corrected chi connectivity index (χ2v) is 6.98. The van der Waals surface area contributed by atoms with Crippen molar-refractivity contribution < 1.29 is 4.79 Å². The topological polar surface area (TPSA) is 66.9 Å². The van der Waals surface area contributed by atoms with Gasteiger partial charge in [0, 0.05) is 12.0 Å². The zero-order chi connectivity index (χ0) is 19.9. The van der Waals surface area contributed by atoms with Gasteiger partial charge in [-0.2, -0.15) is 0 Å². The zero-order valence-electron chi connectivity index (χ0n) is 15.4. The van der Waals surface area contributed by atoms with E-state index < -0.39 is 6.03 Å². The molecular weight excluding hydrogens is 395 g/mol. The van der Waals surface area contributed by atoms with Gasteiger partial charge in [0.15, 0.2) is 0 Å². The van der Waals surface area contributed by atoms with Gasteiger partial charge >= 0.3 is 6.03 Å². The fourth-order valence-electron chi connectivity index (χ4n) is 2.66. The van der Waals surface area contributed by atoms with Gasteiger partial charge in [-0.15, -0.1) is 0 Å². The fourth-order valence-corrected chi connectivity index (χ4v) is 3.01. The van der Waals surface area contributed by atoms with Crippen LogP contribution in [0.5, 0.6) is 0 Å². The minimum atomic E-state index is -0.453. The Morgan fingerprint density at radius 2 is 1.75 bits per heavy atom. The third-order valence-corrected chi connectivity index (χ3v) is 4.91. The van der Waals surface area contributed by atoms with Crippen LogP contribution < -0.4 is 10.6 Å². The first-order valence-corrected chi connectivity index (χ1v) is 9.77. The molecule has 0 spiro atoms. The highest BCUT2D eigenvalue weighted by molar-refractivity contribution is 6.44. The van der Waals surface area contributed by atoms with Gasteiger partial charge in [0.2, 0.25) is 0 Å². The summed E-state index contributed by atoms with van der Waals surface area (Å²) in [6.07, 6.45) is 4.50. The van der Waals surface area contributed by atoms with Crippen LogP contribution in [-0.2, 0) is 6.42 Å². The summed E-state index contributed by atoms with van der Waals surface area (Å²) < 4.78 is 0. The molecule has 5 nitrogen and oxygen atoms in total.